The summed E-state index contributed by atoms with van der Waals surface area (Å²) in [5.41, 5.74) is 2.30. The fourth-order valence-corrected chi connectivity index (χ4v) is 4.50. The van der Waals surface area contributed by atoms with Crippen molar-refractivity contribution in [2.45, 2.75) is 25.4 Å². The molecule has 34 heavy (non-hydrogen) atoms. The Labute approximate surface area is 200 Å². The van der Waals surface area contributed by atoms with Crippen LogP contribution in [0.3, 0.4) is 0 Å². The van der Waals surface area contributed by atoms with Crippen LogP contribution < -0.4 is 10.1 Å². The molecule has 1 aliphatic rings. The van der Waals surface area contributed by atoms with Crippen molar-refractivity contribution in [1.29, 1.82) is 0 Å². The molecule has 9 nitrogen and oxygen atoms in total. The highest BCUT2D eigenvalue weighted by Gasteiger charge is 2.37. The molecule has 1 aliphatic heterocycles. The number of likely N-dealkylation sites (tertiary alicyclic amines) is 1. The first kappa shape index (κ1) is 22.0. The fourth-order valence-electron chi connectivity index (χ4n) is 4.31. The molecule has 4 heterocycles. The SMILES string of the molecule is COc1cccn2ncc(C(=O)N[C@@H]3CCN(C(=O)c4cc(-c5cccc(Cl)c5)no4)[C@@H]3C)c12. The molecule has 1 N–H and O–H groups in total. The minimum absolute atomic E-state index is 0.140. The number of hydrogen-bond donors (Lipinski definition) is 1. The highest BCUT2D eigenvalue weighted by molar-refractivity contribution is 6.30. The molecule has 1 aromatic carbocycles. The maximum Gasteiger partial charge on any atom is 0.292 e. The standard InChI is InChI=1S/C24H22ClN5O4/c1-14-18(27-23(31)17-13-26-30-9-4-7-20(33-2)22(17)30)8-10-29(14)24(32)21-12-19(28-34-21)15-5-3-6-16(25)11-15/h3-7,9,11-14,18H,8,10H2,1-2H3,(H,27,31)/t14-,18-/m1/s1. The van der Waals surface area contributed by atoms with Gasteiger partial charge in [0.25, 0.3) is 11.8 Å². The molecular weight excluding hydrogens is 458 g/mol. The van der Waals surface area contributed by atoms with E-state index in [1.807, 2.05) is 19.1 Å². The molecule has 0 aliphatic carbocycles. The molecule has 2 amide bonds. The van der Waals surface area contributed by atoms with Gasteiger partial charge < -0.3 is 19.5 Å². The van der Waals surface area contributed by atoms with Crippen LogP contribution in [0.5, 0.6) is 5.75 Å². The molecule has 5 rings (SSSR count). The molecule has 2 atom stereocenters. The number of benzene rings is 1. The molecule has 0 saturated carbocycles. The maximum atomic E-state index is 13.1. The van der Waals surface area contributed by atoms with E-state index >= 15 is 0 Å². The average Bonchev–Trinajstić information content (AvgIpc) is 3.57. The Balaban J connectivity index is 1.30. The highest BCUT2D eigenvalue weighted by Crippen LogP contribution is 2.27. The van der Waals surface area contributed by atoms with Crippen LogP contribution in [0, 0.1) is 0 Å². The molecule has 0 spiro atoms. The zero-order valence-corrected chi connectivity index (χ0v) is 19.3. The van der Waals surface area contributed by atoms with Crippen molar-refractivity contribution in [1.82, 2.24) is 25.0 Å². The van der Waals surface area contributed by atoms with E-state index in [1.54, 1.807) is 53.1 Å². The largest absolute Gasteiger partial charge is 0.494 e. The van der Waals surface area contributed by atoms with Crippen LogP contribution in [0.15, 0.2) is 59.4 Å². The zero-order valence-electron chi connectivity index (χ0n) is 18.6. The number of rotatable bonds is 5. The summed E-state index contributed by atoms with van der Waals surface area (Å²) in [5, 5.41) is 11.9. The Kier molecular flexibility index (Phi) is 5.70. The van der Waals surface area contributed by atoms with E-state index < -0.39 is 0 Å². The number of aromatic nitrogens is 3. The summed E-state index contributed by atoms with van der Waals surface area (Å²) in [6.07, 6.45) is 3.88. The van der Waals surface area contributed by atoms with Gasteiger partial charge in [0.05, 0.1) is 24.9 Å². The van der Waals surface area contributed by atoms with Crippen molar-refractivity contribution >= 4 is 28.9 Å². The Morgan fingerprint density at radius 3 is 2.88 bits per heavy atom. The predicted molar refractivity (Wildman–Crippen MR) is 125 cm³/mol. The van der Waals surface area contributed by atoms with E-state index in [0.29, 0.717) is 40.5 Å². The van der Waals surface area contributed by atoms with E-state index in [4.69, 9.17) is 20.9 Å². The van der Waals surface area contributed by atoms with Crippen LogP contribution in [0.25, 0.3) is 16.8 Å². The maximum absolute atomic E-state index is 13.1. The number of amides is 2. The molecule has 10 heteroatoms. The smallest absolute Gasteiger partial charge is 0.292 e. The Morgan fingerprint density at radius 1 is 1.24 bits per heavy atom. The van der Waals surface area contributed by atoms with Crippen LogP contribution in [0.4, 0.5) is 0 Å². The van der Waals surface area contributed by atoms with E-state index in [-0.39, 0.29) is 29.7 Å². The van der Waals surface area contributed by atoms with Crippen molar-refractivity contribution in [3.63, 3.8) is 0 Å². The van der Waals surface area contributed by atoms with Crippen molar-refractivity contribution in [3.05, 3.63) is 71.2 Å². The lowest BCUT2D eigenvalue weighted by Crippen LogP contribution is -2.45. The van der Waals surface area contributed by atoms with Gasteiger partial charge in [0.15, 0.2) is 0 Å². The summed E-state index contributed by atoms with van der Waals surface area (Å²) in [5.74, 6) is 0.152. The number of carbonyl (C=O) groups excluding carboxylic acids is 2. The van der Waals surface area contributed by atoms with Gasteiger partial charge in [-0.15, -0.1) is 0 Å². The molecule has 0 bridgehead atoms. The Morgan fingerprint density at radius 2 is 2.09 bits per heavy atom. The first-order valence-corrected chi connectivity index (χ1v) is 11.2. The summed E-state index contributed by atoms with van der Waals surface area (Å²) in [6.45, 7) is 2.39. The van der Waals surface area contributed by atoms with Gasteiger partial charge in [-0.1, -0.05) is 28.9 Å². The molecule has 1 fully saturated rings. The molecule has 4 aromatic rings. The third-order valence-corrected chi connectivity index (χ3v) is 6.38. The second-order valence-corrected chi connectivity index (χ2v) is 8.56. The third kappa shape index (κ3) is 3.88. The van der Waals surface area contributed by atoms with Crippen LogP contribution in [0.1, 0.15) is 34.3 Å². The average molecular weight is 480 g/mol. The zero-order chi connectivity index (χ0) is 23.8. The van der Waals surface area contributed by atoms with Gasteiger partial charge in [-0.05, 0) is 37.6 Å². The van der Waals surface area contributed by atoms with Gasteiger partial charge in [-0.3, -0.25) is 9.59 Å². The van der Waals surface area contributed by atoms with E-state index in [2.05, 4.69) is 15.6 Å². The number of carbonyl (C=O) groups is 2. The van der Waals surface area contributed by atoms with Gasteiger partial charge in [0, 0.05) is 35.4 Å². The normalized spacial score (nSPS) is 17.8. The van der Waals surface area contributed by atoms with Gasteiger partial charge >= 0.3 is 0 Å². The lowest BCUT2D eigenvalue weighted by Gasteiger charge is -2.24. The van der Waals surface area contributed by atoms with Crippen molar-refractivity contribution < 1.29 is 18.8 Å². The number of nitrogens with zero attached hydrogens (tertiary/aromatic N) is 4. The Hall–Kier alpha value is -3.85. The molecule has 0 unspecified atom stereocenters. The van der Waals surface area contributed by atoms with Gasteiger partial charge in [-0.25, -0.2) is 4.52 Å². The van der Waals surface area contributed by atoms with Crippen LogP contribution in [0.2, 0.25) is 5.02 Å². The van der Waals surface area contributed by atoms with Crippen molar-refractivity contribution in [2.75, 3.05) is 13.7 Å². The summed E-state index contributed by atoms with van der Waals surface area (Å²) < 4.78 is 12.3. The number of halogens is 1. The molecular formula is C24H22ClN5O4. The number of nitrogens with one attached hydrogen (secondary N) is 1. The minimum atomic E-state index is -0.275. The van der Waals surface area contributed by atoms with E-state index in [1.165, 1.54) is 6.20 Å². The molecule has 174 valence electrons. The van der Waals surface area contributed by atoms with Gasteiger partial charge in [-0.2, -0.15) is 5.10 Å². The van der Waals surface area contributed by atoms with Crippen molar-refractivity contribution in [2.24, 2.45) is 0 Å². The number of methoxy groups -OCH3 is 1. The summed E-state index contributed by atoms with van der Waals surface area (Å²) in [4.78, 5) is 27.9. The summed E-state index contributed by atoms with van der Waals surface area (Å²) >= 11 is 6.05. The lowest BCUT2D eigenvalue weighted by molar-refractivity contribution is 0.0689. The molecule has 3 aromatic heterocycles. The van der Waals surface area contributed by atoms with Crippen LogP contribution in [-0.4, -0.2) is 57.2 Å². The number of hydrogen-bond acceptors (Lipinski definition) is 6. The predicted octanol–water partition coefficient (Wildman–Crippen LogP) is 3.68. The van der Waals surface area contributed by atoms with Gasteiger partial charge in [0.2, 0.25) is 5.76 Å². The minimum Gasteiger partial charge on any atom is -0.494 e. The van der Waals surface area contributed by atoms with E-state index in [9.17, 15) is 9.59 Å². The quantitative estimate of drug-likeness (QED) is 0.468. The highest BCUT2D eigenvalue weighted by atomic mass is 35.5. The first-order valence-electron chi connectivity index (χ1n) is 10.8. The Bertz CT molecular complexity index is 1380. The monoisotopic (exact) mass is 479 g/mol. The number of ether oxygens (including phenoxy) is 1. The van der Waals surface area contributed by atoms with E-state index in [0.717, 1.165) is 5.56 Å². The molecule has 1 saturated heterocycles. The number of pyridine rings is 1. The fraction of sp³-hybridized carbons (Fsp3) is 0.250. The summed E-state index contributed by atoms with van der Waals surface area (Å²) in [6, 6.07) is 11.9. The van der Waals surface area contributed by atoms with Crippen molar-refractivity contribution in [3.8, 4) is 17.0 Å². The summed E-state index contributed by atoms with van der Waals surface area (Å²) in [7, 11) is 1.55. The topological polar surface area (TPSA) is 102 Å². The lowest BCUT2D eigenvalue weighted by atomic mass is 10.1. The number of fused-ring (bicyclic) bond motifs is 1. The van der Waals surface area contributed by atoms with Crippen LogP contribution in [-0.2, 0) is 0 Å². The molecule has 0 radical (unpaired) electrons. The first-order chi connectivity index (χ1) is 16.5. The second kappa shape index (κ2) is 8.83. The second-order valence-electron chi connectivity index (χ2n) is 8.12. The van der Waals surface area contributed by atoms with Crippen LogP contribution >= 0.6 is 11.6 Å². The third-order valence-electron chi connectivity index (χ3n) is 6.14. The van der Waals surface area contributed by atoms with Gasteiger partial charge in [0.1, 0.15) is 17.0 Å².